The zero-order valence-corrected chi connectivity index (χ0v) is 45.9. The lowest BCUT2D eigenvalue weighted by atomic mass is 9.49. The van der Waals surface area contributed by atoms with Crippen molar-refractivity contribution in [1.29, 1.82) is 0 Å². The minimum atomic E-state index is -0.687. The molecule has 10 bridgehead atoms. The molecule has 0 amide bonds. The van der Waals surface area contributed by atoms with Gasteiger partial charge in [0, 0.05) is 24.7 Å². The summed E-state index contributed by atoms with van der Waals surface area (Å²) >= 11 is 0. The molecular formula is C66H124O13. The van der Waals surface area contributed by atoms with Crippen LogP contribution in [0.25, 0.3) is 0 Å². The lowest BCUT2D eigenvalue weighted by Crippen LogP contribution is -2.61. The van der Waals surface area contributed by atoms with Gasteiger partial charge in [-0.15, -0.1) is 0 Å². The summed E-state index contributed by atoms with van der Waals surface area (Å²) in [6.07, 6.45) is 17.7. The number of aliphatic hydroxyl groups is 1. The van der Waals surface area contributed by atoms with Crippen LogP contribution < -0.4 is 0 Å². The van der Waals surface area contributed by atoms with Gasteiger partial charge in [-0.1, -0.05) is 94.0 Å². The molecule has 13 nitrogen and oxygen atoms in total. The second-order valence-corrected chi connectivity index (χ2v) is 26.8. The third kappa shape index (κ3) is 15.9. The van der Waals surface area contributed by atoms with Crippen molar-refractivity contribution in [3.8, 4) is 0 Å². The minimum absolute atomic E-state index is 0. The fourth-order valence-electron chi connectivity index (χ4n) is 14.5. The molecule has 12 rings (SSSR count). The average molecular weight is 1130 g/mol. The quantitative estimate of drug-likeness (QED) is 0.136. The van der Waals surface area contributed by atoms with Crippen molar-refractivity contribution < 1.29 is 62.3 Å². The molecule has 2 heterocycles. The van der Waals surface area contributed by atoms with Gasteiger partial charge in [-0.2, -0.15) is 0 Å². The number of carbonyl (C=O) groups is 6. The SMILES string of the molecule is C.C.C.C.C.C.C.C.CCC(C)(C)C(=O)OC1(CC)C2CC3CC(C2)CC1C3.CCC(C)(C)C(=O)OC12CC3CC(CC(O)(C3)C1)C2.CCC(C)(C)C(=O)OC1C2CC3C(=O)OC1C3C2.CCC(C)(C)C(=O)OC1CCOC1=O. The van der Waals surface area contributed by atoms with Gasteiger partial charge in [0.15, 0.2) is 0 Å². The normalized spacial score (nSPS) is 34.8. The summed E-state index contributed by atoms with van der Waals surface area (Å²) < 4.78 is 33.1. The molecule has 2 aliphatic heterocycles. The van der Waals surface area contributed by atoms with Crippen LogP contribution in [0.2, 0.25) is 0 Å². The molecule has 0 spiro atoms. The Hall–Kier alpha value is -3.22. The fourth-order valence-corrected chi connectivity index (χ4v) is 14.5. The molecule has 8 atom stereocenters. The Morgan fingerprint density at radius 2 is 0.975 bits per heavy atom. The maximum Gasteiger partial charge on any atom is 0.347 e. The maximum atomic E-state index is 12.6. The predicted molar refractivity (Wildman–Crippen MR) is 320 cm³/mol. The van der Waals surface area contributed by atoms with Crippen LogP contribution in [-0.2, 0) is 57.2 Å². The Morgan fingerprint density at radius 1 is 0.544 bits per heavy atom. The smallest absolute Gasteiger partial charge is 0.347 e. The second-order valence-electron chi connectivity index (χ2n) is 26.8. The summed E-state index contributed by atoms with van der Waals surface area (Å²) in [6, 6.07) is 0. The summed E-state index contributed by atoms with van der Waals surface area (Å²) in [4.78, 5) is 71.3. The van der Waals surface area contributed by atoms with Crippen molar-refractivity contribution in [2.24, 2.45) is 74.9 Å². The molecule has 0 aromatic carbocycles. The average Bonchev–Trinajstić information content (AvgIpc) is 4.06. The van der Waals surface area contributed by atoms with Gasteiger partial charge in [0.25, 0.3) is 0 Å². The lowest BCUT2D eigenvalue weighted by molar-refractivity contribution is -0.225. The monoisotopic (exact) mass is 1120 g/mol. The number of rotatable bonds is 13. The third-order valence-corrected chi connectivity index (χ3v) is 20.2. The number of fused-ring (bicyclic) bond motifs is 1. The first-order chi connectivity index (χ1) is 33.1. The Balaban J connectivity index is 0. The van der Waals surface area contributed by atoms with E-state index in [0.29, 0.717) is 61.4 Å². The topological polar surface area (TPSA) is 178 Å². The zero-order chi connectivity index (χ0) is 52.3. The van der Waals surface area contributed by atoms with Crippen LogP contribution >= 0.6 is 0 Å². The molecule has 0 radical (unpaired) electrons. The highest BCUT2D eigenvalue weighted by atomic mass is 16.6. The standard InChI is InChI=1S/C18H30O2.C16H26O3.C14H20O4.C10H16O4.8CH4/c1-5-17(3,4)16(19)20-18(6-2)14-8-12-7-13(10-14)11-15(18)9-12;1-4-14(2,3)13(17)19-16-8-11-5-12(9-16)7-15(18,6-11)10-16;1-4-14(2,3)13(16)18-10-7-5-8-9(6-7)12(15)17-11(8)10;1-4-10(2,3)9(12)14-7-5-6-13-8(7)11;;;;;;;;/h12-15H,5-11H2,1-4H3;11-12,18H,4-10H2,1-3H3;7-11H,4-6H2,1-3H3;7H,4-6H2,1-3H3;8*1H4. The van der Waals surface area contributed by atoms with Gasteiger partial charge in [-0.25, -0.2) is 4.79 Å². The van der Waals surface area contributed by atoms with Gasteiger partial charge in [-0.05, 0) is 200 Å². The number of ether oxygens (including phenoxy) is 6. The van der Waals surface area contributed by atoms with Crippen molar-refractivity contribution in [2.75, 3.05) is 6.61 Å². The van der Waals surface area contributed by atoms with Gasteiger partial charge in [-0.3, -0.25) is 24.0 Å². The van der Waals surface area contributed by atoms with Gasteiger partial charge in [0.2, 0.25) is 6.10 Å². The largest absolute Gasteiger partial charge is 0.463 e. The summed E-state index contributed by atoms with van der Waals surface area (Å²) in [5.74, 6) is 3.90. The highest BCUT2D eigenvalue weighted by Gasteiger charge is 2.64. The van der Waals surface area contributed by atoms with Crippen molar-refractivity contribution >= 4 is 35.8 Å². The van der Waals surface area contributed by atoms with Gasteiger partial charge < -0.3 is 33.5 Å². The molecule has 0 aromatic rings. The molecule has 10 aliphatic carbocycles. The third-order valence-electron chi connectivity index (χ3n) is 20.2. The van der Waals surface area contributed by atoms with Crippen molar-refractivity contribution in [2.45, 2.75) is 307 Å². The molecule has 12 aliphatic rings. The van der Waals surface area contributed by atoms with Gasteiger partial charge in [0.05, 0.1) is 39.8 Å². The molecule has 13 heteroatoms. The molecule has 0 aromatic heterocycles. The van der Waals surface area contributed by atoms with Crippen LogP contribution in [0, 0.1) is 74.9 Å². The first kappa shape index (κ1) is 77.8. The van der Waals surface area contributed by atoms with Crippen molar-refractivity contribution in [3.05, 3.63) is 0 Å². The molecule has 79 heavy (non-hydrogen) atoms. The predicted octanol–water partition coefficient (Wildman–Crippen LogP) is 15.9. The summed E-state index contributed by atoms with van der Waals surface area (Å²) in [7, 11) is 0. The first-order valence-electron chi connectivity index (χ1n) is 28.1. The first-order valence-corrected chi connectivity index (χ1v) is 28.1. The summed E-state index contributed by atoms with van der Waals surface area (Å²) in [6.45, 7) is 25.9. The van der Waals surface area contributed by atoms with Crippen LogP contribution in [0.1, 0.15) is 271 Å². The van der Waals surface area contributed by atoms with Crippen LogP contribution in [0.5, 0.6) is 0 Å². The Bertz CT molecular complexity index is 1960. The molecular weight excluding hydrogens is 1000 g/mol. The molecule has 466 valence electrons. The summed E-state index contributed by atoms with van der Waals surface area (Å²) in [5, 5.41) is 10.6. The minimum Gasteiger partial charge on any atom is -0.463 e. The second kappa shape index (κ2) is 28.9. The number of esters is 6. The van der Waals surface area contributed by atoms with E-state index in [1.165, 1.54) is 38.5 Å². The number of cyclic esters (lactones) is 1. The van der Waals surface area contributed by atoms with Crippen LogP contribution in [0.3, 0.4) is 0 Å². The van der Waals surface area contributed by atoms with Crippen LogP contribution in [0.4, 0.5) is 0 Å². The van der Waals surface area contributed by atoms with Crippen molar-refractivity contribution in [1.82, 2.24) is 0 Å². The van der Waals surface area contributed by atoms with Crippen LogP contribution in [0.15, 0.2) is 0 Å². The van der Waals surface area contributed by atoms with Gasteiger partial charge in [0.1, 0.15) is 23.4 Å². The van der Waals surface area contributed by atoms with E-state index in [1.54, 1.807) is 13.8 Å². The van der Waals surface area contributed by atoms with E-state index in [9.17, 15) is 33.9 Å². The molecule has 2 saturated heterocycles. The Labute approximate surface area is 484 Å². The van der Waals surface area contributed by atoms with Crippen LogP contribution in [-0.4, -0.2) is 82.6 Å². The lowest BCUT2D eigenvalue weighted by Gasteiger charge is -2.60. The number of hydrogen-bond donors (Lipinski definition) is 1. The van der Waals surface area contributed by atoms with Gasteiger partial charge >= 0.3 is 35.8 Å². The summed E-state index contributed by atoms with van der Waals surface area (Å²) in [5.41, 5.74) is -2.77. The van der Waals surface area contributed by atoms with E-state index in [0.717, 1.165) is 76.0 Å². The molecule has 12 fully saturated rings. The van der Waals surface area contributed by atoms with E-state index < -0.39 is 33.9 Å². The van der Waals surface area contributed by atoms with E-state index in [1.807, 2.05) is 62.3 Å². The molecule has 1 N–H and O–H groups in total. The Morgan fingerprint density at radius 3 is 1.39 bits per heavy atom. The van der Waals surface area contributed by atoms with Crippen molar-refractivity contribution in [3.63, 3.8) is 0 Å². The molecule has 8 unspecified atom stereocenters. The fraction of sp³-hybridized carbons (Fsp3) is 0.909. The number of carbonyl (C=O) groups excluding carboxylic acids is 6. The van der Waals surface area contributed by atoms with E-state index in [-0.39, 0.29) is 124 Å². The van der Waals surface area contributed by atoms with E-state index in [4.69, 9.17) is 28.4 Å². The Kier molecular flexibility index (Phi) is 28.4. The molecule has 10 saturated carbocycles. The zero-order valence-electron chi connectivity index (χ0n) is 45.9. The van der Waals surface area contributed by atoms with E-state index >= 15 is 0 Å². The van der Waals surface area contributed by atoms with E-state index in [2.05, 4.69) is 13.8 Å². The highest BCUT2D eigenvalue weighted by molar-refractivity contribution is 5.83. The maximum absolute atomic E-state index is 12.6. The highest BCUT2D eigenvalue weighted by Crippen LogP contribution is 2.62. The number of hydrogen-bond acceptors (Lipinski definition) is 13.